The van der Waals surface area contributed by atoms with Crippen molar-refractivity contribution in [3.8, 4) is 0 Å². The number of rotatable bonds is 5. The molecule has 0 spiro atoms. The van der Waals surface area contributed by atoms with Gasteiger partial charge in [-0.3, -0.25) is 0 Å². The van der Waals surface area contributed by atoms with Crippen LogP contribution in [0.15, 0.2) is 48.6 Å². The van der Waals surface area contributed by atoms with Gasteiger partial charge in [0, 0.05) is 39.8 Å². The number of hydrogen-bond donors (Lipinski definition) is 0. The molecule has 0 N–H and O–H groups in total. The van der Waals surface area contributed by atoms with Gasteiger partial charge in [0.15, 0.2) is 0 Å². The van der Waals surface area contributed by atoms with E-state index in [4.69, 9.17) is 0 Å². The molecule has 4 aliphatic rings. The van der Waals surface area contributed by atoms with Gasteiger partial charge in [-0.1, -0.05) is 87.9 Å². The summed E-state index contributed by atoms with van der Waals surface area (Å²) in [5.74, 6) is 8.90. The SMILES string of the molecule is C[Si](C)(C)C([C]1[CH][CH][C]2C=CC=C[C]21)C([C]1[CH][CH][C]2C=CC=C[C]21)[Si](C)(C)C. The smallest absolute Gasteiger partial charge is 0.0480 e. The minimum absolute atomic E-state index is 0.630. The Balaban J connectivity index is 1.72. The first-order valence-electron chi connectivity index (χ1n) is 10.5. The number of allylic oxidation sites excluding steroid dienone is 8. The van der Waals surface area contributed by atoms with E-state index in [1.807, 2.05) is 0 Å². The van der Waals surface area contributed by atoms with Crippen LogP contribution in [0, 0.1) is 61.2 Å². The second kappa shape index (κ2) is 7.58. The third-order valence-electron chi connectivity index (χ3n) is 6.30. The largest absolute Gasteiger partial charge is 0.0762 e. The van der Waals surface area contributed by atoms with E-state index in [0.717, 1.165) is 0 Å². The Morgan fingerprint density at radius 1 is 0.500 bits per heavy atom. The normalized spacial score (nSPS) is 27.5. The van der Waals surface area contributed by atoms with Crippen LogP contribution in [-0.4, -0.2) is 16.1 Å². The van der Waals surface area contributed by atoms with E-state index in [1.54, 1.807) is 11.8 Å². The molecule has 2 saturated carbocycles. The van der Waals surface area contributed by atoms with Crippen molar-refractivity contribution in [2.45, 2.75) is 50.4 Å². The minimum atomic E-state index is -1.49. The van der Waals surface area contributed by atoms with Crippen LogP contribution in [0.25, 0.3) is 0 Å². The van der Waals surface area contributed by atoms with Gasteiger partial charge in [-0.2, -0.15) is 0 Å². The molecule has 0 amide bonds. The van der Waals surface area contributed by atoms with Crippen molar-refractivity contribution in [1.82, 2.24) is 0 Å². The highest BCUT2D eigenvalue weighted by Gasteiger charge is 2.55. The highest BCUT2D eigenvalue weighted by Crippen LogP contribution is 2.64. The molecule has 28 heavy (non-hydrogen) atoms. The molecule has 10 radical (unpaired) electrons. The fraction of sp³-hybridized carbons (Fsp3) is 0.308. The van der Waals surface area contributed by atoms with Gasteiger partial charge < -0.3 is 0 Å². The molecular weight excluding hydrogens is 368 g/mol. The van der Waals surface area contributed by atoms with E-state index in [-0.39, 0.29) is 0 Å². The number of fused-ring (bicyclic) bond motifs is 2. The standard InChI is InChI=1S/C26H32Si2/c1-27(2,3)25(23-17-15-19-11-7-9-13-21(19)23)26(28(4,5)6)24-18-16-20-12-8-10-14-22(20)24/h7-18,25-26H,1-6H3. The quantitative estimate of drug-likeness (QED) is 0.438. The maximum absolute atomic E-state index is 2.57. The van der Waals surface area contributed by atoms with Crippen molar-refractivity contribution in [1.29, 1.82) is 0 Å². The topological polar surface area (TPSA) is 0 Å². The third kappa shape index (κ3) is 3.76. The Kier molecular flexibility index (Phi) is 5.59. The first-order valence-corrected chi connectivity index (χ1v) is 17.6. The van der Waals surface area contributed by atoms with Crippen molar-refractivity contribution in [3.05, 3.63) is 110 Å². The summed E-state index contributed by atoms with van der Waals surface area (Å²) in [6.07, 6.45) is 27.5. The van der Waals surface area contributed by atoms with E-state index in [0.29, 0.717) is 11.1 Å². The second-order valence-electron chi connectivity index (χ2n) is 10.4. The lowest BCUT2D eigenvalue weighted by molar-refractivity contribution is 0.736. The highest BCUT2D eigenvalue weighted by molar-refractivity contribution is 6.84. The fourth-order valence-corrected chi connectivity index (χ4v) is 12.9. The fourth-order valence-electron chi connectivity index (χ4n) is 5.18. The maximum atomic E-state index is 2.57. The van der Waals surface area contributed by atoms with Crippen LogP contribution in [0.4, 0.5) is 0 Å². The van der Waals surface area contributed by atoms with E-state index >= 15 is 0 Å². The van der Waals surface area contributed by atoms with E-state index in [2.05, 4.69) is 114 Å². The van der Waals surface area contributed by atoms with Gasteiger partial charge in [0.1, 0.15) is 0 Å². The third-order valence-corrected chi connectivity index (χ3v) is 11.7. The summed E-state index contributed by atoms with van der Waals surface area (Å²) in [6, 6.07) is 0. The van der Waals surface area contributed by atoms with Gasteiger partial charge in [0.25, 0.3) is 0 Å². The summed E-state index contributed by atoms with van der Waals surface area (Å²) < 4.78 is 0. The molecule has 0 bridgehead atoms. The zero-order valence-electron chi connectivity index (χ0n) is 18.1. The molecule has 4 aliphatic carbocycles. The monoisotopic (exact) mass is 400 g/mol. The average molecular weight is 401 g/mol. The van der Waals surface area contributed by atoms with Gasteiger partial charge in [0.2, 0.25) is 0 Å². The molecule has 0 aromatic rings. The Morgan fingerprint density at radius 2 is 0.857 bits per heavy atom. The van der Waals surface area contributed by atoms with Gasteiger partial charge in [-0.25, -0.2) is 0 Å². The summed E-state index contributed by atoms with van der Waals surface area (Å²) >= 11 is 0. The molecule has 2 unspecified atom stereocenters. The molecule has 0 heterocycles. The molecule has 2 atom stereocenters. The minimum Gasteiger partial charge on any atom is -0.0762 e. The van der Waals surface area contributed by atoms with Crippen LogP contribution in [0.5, 0.6) is 0 Å². The Bertz CT molecular complexity index is 624. The van der Waals surface area contributed by atoms with Crippen LogP contribution in [-0.2, 0) is 0 Å². The van der Waals surface area contributed by atoms with Gasteiger partial charge >= 0.3 is 0 Å². The summed E-state index contributed by atoms with van der Waals surface area (Å²) in [5, 5.41) is 0. The Morgan fingerprint density at radius 3 is 1.21 bits per heavy atom. The van der Waals surface area contributed by atoms with Crippen LogP contribution < -0.4 is 0 Å². The Hall–Kier alpha value is -0.606. The lowest BCUT2D eigenvalue weighted by Crippen LogP contribution is -2.47. The molecule has 0 aromatic carbocycles. The molecule has 0 saturated heterocycles. The van der Waals surface area contributed by atoms with Crippen molar-refractivity contribution >= 4 is 16.1 Å². The van der Waals surface area contributed by atoms with E-state index < -0.39 is 16.1 Å². The summed E-state index contributed by atoms with van der Waals surface area (Å²) in [6.45, 7) is 15.4. The maximum Gasteiger partial charge on any atom is 0.0480 e. The highest BCUT2D eigenvalue weighted by atomic mass is 28.3. The summed E-state index contributed by atoms with van der Waals surface area (Å²) in [7, 11) is -2.98. The lowest BCUT2D eigenvalue weighted by atomic mass is 9.78. The molecule has 0 aliphatic heterocycles. The van der Waals surface area contributed by atoms with Gasteiger partial charge in [-0.15, -0.1) is 0 Å². The van der Waals surface area contributed by atoms with Gasteiger partial charge in [-0.05, 0) is 48.6 Å². The zero-order chi connectivity index (χ0) is 20.1. The molecule has 0 nitrogen and oxygen atoms in total. The van der Waals surface area contributed by atoms with Gasteiger partial charge in [0.05, 0.1) is 0 Å². The molecule has 0 aromatic heterocycles. The molecule has 2 fully saturated rings. The molecule has 144 valence electrons. The van der Waals surface area contributed by atoms with Crippen molar-refractivity contribution in [2.75, 3.05) is 0 Å². The van der Waals surface area contributed by atoms with Crippen LogP contribution in [0.2, 0.25) is 50.4 Å². The molecule has 2 heteroatoms. The Labute approximate surface area is 176 Å². The first kappa shape index (κ1) is 20.7. The lowest BCUT2D eigenvalue weighted by Gasteiger charge is -2.50. The van der Waals surface area contributed by atoms with Crippen molar-refractivity contribution < 1.29 is 0 Å². The zero-order valence-corrected chi connectivity index (χ0v) is 20.1. The van der Waals surface area contributed by atoms with Crippen LogP contribution in [0.1, 0.15) is 0 Å². The molecular formula is C26H32Si2. The summed E-state index contributed by atoms with van der Waals surface area (Å²) in [4.78, 5) is 0. The van der Waals surface area contributed by atoms with E-state index in [1.165, 1.54) is 23.7 Å². The average Bonchev–Trinajstić information content (AvgIpc) is 3.21. The predicted octanol–water partition coefficient (Wildman–Crippen LogP) is 6.95. The van der Waals surface area contributed by atoms with E-state index in [9.17, 15) is 0 Å². The predicted molar refractivity (Wildman–Crippen MR) is 127 cm³/mol. The first-order chi connectivity index (χ1) is 13.2. The molecule has 4 rings (SSSR count). The van der Waals surface area contributed by atoms with Crippen molar-refractivity contribution in [2.24, 2.45) is 0 Å². The summed E-state index contributed by atoms with van der Waals surface area (Å²) in [5.41, 5.74) is 1.26. The van der Waals surface area contributed by atoms with Crippen LogP contribution in [0.3, 0.4) is 0 Å². The van der Waals surface area contributed by atoms with Crippen LogP contribution >= 0.6 is 0 Å². The second-order valence-corrected chi connectivity index (χ2v) is 21.1. The number of hydrogen-bond acceptors (Lipinski definition) is 0. The van der Waals surface area contributed by atoms with Crippen molar-refractivity contribution in [3.63, 3.8) is 0 Å².